The average Bonchev–Trinajstić information content (AvgIpc) is 2.89. The number of nitrogens with one attached hydrogen (secondary N) is 2. The molecule has 2 rings (SSSR count). The second kappa shape index (κ2) is 6.01. The van der Waals surface area contributed by atoms with Crippen molar-refractivity contribution in [1.82, 2.24) is 10.5 Å². The van der Waals surface area contributed by atoms with Crippen molar-refractivity contribution in [2.75, 3.05) is 5.43 Å². The number of hydrazine groups is 1. The number of aromatic nitrogens is 1. The Bertz CT molecular complexity index is 682. The molecule has 0 spiro atoms. The zero-order chi connectivity index (χ0) is 15.4. The third kappa shape index (κ3) is 3.34. The molecular formula is C12H13N5O4. The predicted molar refractivity (Wildman–Crippen MR) is 73.3 cm³/mol. The number of nitro benzene ring substituents is 1. The van der Waals surface area contributed by atoms with Gasteiger partial charge in [0.1, 0.15) is 17.1 Å². The molecule has 1 aromatic heterocycles. The number of carbonyl (C=O) groups excluding carboxylic acids is 1. The van der Waals surface area contributed by atoms with E-state index in [1.165, 1.54) is 12.1 Å². The summed E-state index contributed by atoms with van der Waals surface area (Å²) >= 11 is 0. The second-order valence-corrected chi connectivity index (χ2v) is 4.24. The summed E-state index contributed by atoms with van der Waals surface area (Å²) in [6.07, 6.45) is 0. The van der Waals surface area contributed by atoms with Crippen LogP contribution in [-0.2, 0) is 6.54 Å². The van der Waals surface area contributed by atoms with E-state index in [1.807, 2.05) is 0 Å². The fourth-order valence-electron chi connectivity index (χ4n) is 1.72. The minimum atomic E-state index is -0.618. The van der Waals surface area contributed by atoms with E-state index in [0.29, 0.717) is 11.5 Å². The Morgan fingerprint density at radius 3 is 2.81 bits per heavy atom. The molecule has 0 atom stereocenters. The summed E-state index contributed by atoms with van der Waals surface area (Å²) in [4.78, 5) is 22.2. The standard InChI is InChI=1S/C12H13N5O4/c1-7-4-9(16-21-7)6-14-12(18)8-2-3-10(15-13)11(5-8)17(19)20/h2-5,15H,6,13H2,1H3,(H,14,18). The van der Waals surface area contributed by atoms with Crippen LogP contribution in [0.2, 0.25) is 0 Å². The van der Waals surface area contributed by atoms with Gasteiger partial charge in [0.05, 0.1) is 11.5 Å². The average molecular weight is 291 g/mol. The van der Waals surface area contributed by atoms with E-state index in [9.17, 15) is 14.9 Å². The van der Waals surface area contributed by atoms with E-state index < -0.39 is 10.8 Å². The van der Waals surface area contributed by atoms with Gasteiger partial charge in [-0.3, -0.25) is 20.8 Å². The highest BCUT2D eigenvalue weighted by atomic mass is 16.6. The monoisotopic (exact) mass is 291 g/mol. The molecule has 1 aromatic carbocycles. The molecule has 2 aromatic rings. The fourth-order valence-corrected chi connectivity index (χ4v) is 1.72. The van der Waals surface area contributed by atoms with E-state index in [4.69, 9.17) is 10.4 Å². The molecule has 0 unspecified atom stereocenters. The van der Waals surface area contributed by atoms with Crippen LogP contribution >= 0.6 is 0 Å². The Hall–Kier alpha value is -2.94. The van der Waals surface area contributed by atoms with Crippen molar-refractivity contribution in [2.24, 2.45) is 5.84 Å². The van der Waals surface area contributed by atoms with E-state index in [0.717, 1.165) is 6.07 Å². The van der Waals surface area contributed by atoms with Crippen LogP contribution in [0.3, 0.4) is 0 Å². The Balaban J connectivity index is 2.12. The molecule has 0 aliphatic rings. The molecule has 21 heavy (non-hydrogen) atoms. The normalized spacial score (nSPS) is 10.2. The molecule has 4 N–H and O–H groups in total. The van der Waals surface area contributed by atoms with E-state index in [-0.39, 0.29) is 23.5 Å². The van der Waals surface area contributed by atoms with Gasteiger partial charge in [-0.15, -0.1) is 0 Å². The lowest BCUT2D eigenvalue weighted by Gasteiger charge is -2.05. The third-order valence-electron chi connectivity index (χ3n) is 2.72. The van der Waals surface area contributed by atoms with Crippen LogP contribution < -0.4 is 16.6 Å². The SMILES string of the molecule is Cc1cc(CNC(=O)c2ccc(NN)c([N+](=O)[O-])c2)no1. The molecule has 1 heterocycles. The molecule has 0 saturated carbocycles. The number of nitrogens with two attached hydrogens (primary N) is 1. The highest BCUT2D eigenvalue weighted by Gasteiger charge is 2.17. The van der Waals surface area contributed by atoms with Gasteiger partial charge < -0.3 is 15.3 Å². The first-order chi connectivity index (χ1) is 10.0. The van der Waals surface area contributed by atoms with Crippen molar-refractivity contribution in [1.29, 1.82) is 0 Å². The number of anilines is 1. The smallest absolute Gasteiger partial charge is 0.294 e. The second-order valence-electron chi connectivity index (χ2n) is 4.24. The Labute approximate surface area is 119 Å². The molecule has 1 amide bonds. The molecule has 0 aliphatic heterocycles. The molecule has 0 bridgehead atoms. The van der Waals surface area contributed by atoms with Crippen LogP contribution in [0.5, 0.6) is 0 Å². The summed E-state index contributed by atoms with van der Waals surface area (Å²) in [5.41, 5.74) is 2.78. The molecule has 0 aliphatic carbocycles. The Kier molecular flexibility index (Phi) is 4.14. The van der Waals surface area contributed by atoms with Crippen molar-refractivity contribution < 1.29 is 14.2 Å². The molecule has 110 valence electrons. The first kappa shape index (κ1) is 14.5. The van der Waals surface area contributed by atoms with Gasteiger partial charge in [0.2, 0.25) is 0 Å². The van der Waals surface area contributed by atoms with Crippen LogP contribution in [0.25, 0.3) is 0 Å². The molecule has 9 nitrogen and oxygen atoms in total. The van der Waals surface area contributed by atoms with Gasteiger partial charge in [-0.1, -0.05) is 5.16 Å². The van der Waals surface area contributed by atoms with E-state index >= 15 is 0 Å². The zero-order valence-electron chi connectivity index (χ0n) is 11.1. The lowest BCUT2D eigenvalue weighted by Crippen LogP contribution is -2.23. The lowest BCUT2D eigenvalue weighted by molar-refractivity contribution is -0.384. The highest BCUT2D eigenvalue weighted by molar-refractivity contribution is 5.95. The third-order valence-corrected chi connectivity index (χ3v) is 2.72. The molecule has 0 saturated heterocycles. The quantitative estimate of drug-likeness (QED) is 0.426. The Morgan fingerprint density at radius 1 is 1.48 bits per heavy atom. The first-order valence-electron chi connectivity index (χ1n) is 5.96. The summed E-state index contributed by atoms with van der Waals surface area (Å²) in [6, 6.07) is 5.64. The Morgan fingerprint density at radius 2 is 2.24 bits per heavy atom. The van der Waals surface area contributed by atoms with E-state index in [2.05, 4.69) is 15.9 Å². The van der Waals surface area contributed by atoms with Crippen LogP contribution in [0.15, 0.2) is 28.8 Å². The number of carbonyl (C=O) groups is 1. The fraction of sp³-hybridized carbons (Fsp3) is 0.167. The lowest BCUT2D eigenvalue weighted by atomic mass is 10.1. The molecule has 0 radical (unpaired) electrons. The minimum Gasteiger partial charge on any atom is -0.361 e. The summed E-state index contributed by atoms with van der Waals surface area (Å²) in [7, 11) is 0. The molecule has 0 fully saturated rings. The van der Waals surface area contributed by atoms with Crippen LogP contribution in [-0.4, -0.2) is 16.0 Å². The van der Waals surface area contributed by atoms with Crippen molar-refractivity contribution in [2.45, 2.75) is 13.5 Å². The number of rotatable bonds is 5. The number of hydrogen-bond donors (Lipinski definition) is 3. The number of benzene rings is 1. The number of nitrogen functional groups attached to an aromatic ring is 1. The van der Waals surface area contributed by atoms with Gasteiger partial charge in [0, 0.05) is 17.7 Å². The topological polar surface area (TPSA) is 136 Å². The maximum atomic E-state index is 12.0. The first-order valence-corrected chi connectivity index (χ1v) is 5.96. The number of hydrogen-bond acceptors (Lipinski definition) is 7. The minimum absolute atomic E-state index is 0.128. The molecular weight excluding hydrogens is 278 g/mol. The van der Waals surface area contributed by atoms with E-state index in [1.54, 1.807) is 13.0 Å². The van der Waals surface area contributed by atoms with Crippen molar-refractivity contribution >= 4 is 17.3 Å². The number of amides is 1. The number of nitro groups is 1. The largest absolute Gasteiger partial charge is 0.361 e. The van der Waals surface area contributed by atoms with Gasteiger partial charge in [0.25, 0.3) is 11.6 Å². The highest BCUT2D eigenvalue weighted by Crippen LogP contribution is 2.24. The maximum absolute atomic E-state index is 12.0. The van der Waals surface area contributed by atoms with Crippen molar-refractivity contribution in [3.05, 3.63) is 51.4 Å². The number of nitrogens with zero attached hydrogens (tertiary/aromatic N) is 2. The summed E-state index contributed by atoms with van der Waals surface area (Å²) in [5.74, 6) is 5.35. The van der Waals surface area contributed by atoms with Gasteiger partial charge >= 0.3 is 0 Å². The maximum Gasteiger partial charge on any atom is 0.294 e. The van der Waals surface area contributed by atoms with Crippen LogP contribution in [0.4, 0.5) is 11.4 Å². The summed E-state index contributed by atoms with van der Waals surface area (Å²) in [6.45, 7) is 1.90. The van der Waals surface area contributed by atoms with Gasteiger partial charge in [-0.2, -0.15) is 0 Å². The van der Waals surface area contributed by atoms with Gasteiger partial charge in [-0.25, -0.2) is 0 Å². The van der Waals surface area contributed by atoms with Gasteiger partial charge in [-0.05, 0) is 19.1 Å². The van der Waals surface area contributed by atoms with Crippen LogP contribution in [0, 0.1) is 17.0 Å². The van der Waals surface area contributed by atoms with Gasteiger partial charge in [0.15, 0.2) is 0 Å². The van der Waals surface area contributed by atoms with Crippen molar-refractivity contribution in [3.63, 3.8) is 0 Å². The molecule has 9 heteroatoms. The van der Waals surface area contributed by atoms with Crippen molar-refractivity contribution in [3.8, 4) is 0 Å². The summed E-state index contributed by atoms with van der Waals surface area (Å²) < 4.78 is 4.87. The zero-order valence-corrected chi connectivity index (χ0v) is 11.1. The number of aryl methyl sites for hydroxylation is 1. The van der Waals surface area contributed by atoms with Crippen LogP contribution in [0.1, 0.15) is 21.8 Å². The summed E-state index contributed by atoms with van der Waals surface area (Å²) in [5, 5.41) is 17.2. The predicted octanol–water partition coefficient (Wildman–Crippen LogP) is 1.11.